The first kappa shape index (κ1) is 8.06. The number of hydrogen-bond acceptors (Lipinski definition) is 3. The van der Waals surface area contributed by atoms with Crippen LogP contribution in [0.4, 0.5) is 0 Å². The second kappa shape index (κ2) is 4.73. The molecular weight excluding hydrogens is 164 g/mol. The topological polar surface area (TPSA) is 9.23 Å². The third-order valence-corrected chi connectivity index (χ3v) is 3.04. The molecule has 0 fully saturated rings. The molecule has 0 saturated heterocycles. The van der Waals surface area contributed by atoms with Crippen LogP contribution in [0.1, 0.15) is 6.92 Å². The van der Waals surface area contributed by atoms with E-state index in [4.69, 9.17) is 4.74 Å². The van der Waals surface area contributed by atoms with E-state index in [1.54, 1.807) is 21.6 Å². The Morgan fingerprint density at radius 2 is 2.60 bits per heavy atom. The van der Waals surface area contributed by atoms with Crippen molar-refractivity contribution < 1.29 is 4.74 Å². The van der Waals surface area contributed by atoms with Crippen LogP contribution < -0.4 is 0 Å². The third-order valence-electron chi connectivity index (χ3n) is 0.938. The van der Waals surface area contributed by atoms with Crippen molar-refractivity contribution in [3.05, 3.63) is 11.5 Å². The van der Waals surface area contributed by atoms with Crippen molar-refractivity contribution in [2.24, 2.45) is 0 Å². The smallest absolute Gasteiger partial charge is 0.133 e. The molecular formula is C7H8OS2. The molecule has 0 spiro atoms. The molecule has 1 rings (SSSR count). The molecule has 0 aliphatic carbocycles. The Hall–Kier alpha value is -0.0400. The van der Waals surface area contributed by atoms with Gasteiger partial charge in [-0.2, -0.15) is 0 Å². The van der Waals surface area contributed by atoms with Gasteiger partial charge >= 0.3 is 0 Å². The van der Waals surface area contributed by atoms with Crippen LogP contribution in [0.3, 0.4) is 0 Å². The van der Waals surface area contributed by atoms with Gasteiger partial charge in [-0.1, -0.05) is 27.5 Å². The van der Waals surface area contributed by atoms with Crippen molar-refractivity contribution in [3.8, 4) is 11.8 Å². The Labute approximate surface area is 69.0 Å². The molecule has 1 atom stereocenters. The van der Waals surface area contributed by atoms with E-state index in [0.29, 0.717) is 6.61 Å². The van der Waals surface area contributed by atoms with Crippen LogP contribution >= 0.6 is 21.6 Å². The normalized spacial score (nSPS) is 22.3. The molecule has 1 aliphatic rings. The van der Waals surface area contributed by atoms with Crippen molar-refractivity contribution >= 4 is 21.6 Å². The Morgan fingerprint density at radius 3 is 3.20 bits per heavy atom. The first-order valence-electron chi connectivity index (χ1n) is 2.93. The lowest BCUT2D eigenvalue weighted by Crippen LogP contribution is -2.01. The van der Waals surface area contributed by atoms with E-state index in [9.17, 15) is 0 Å². The lowest BCUT2D eigenvalue weighted by molar-refractivity contribution is 0.176. The zero-order valence-electron chi connectivity index (χ0n) is 5.66. The van der Waals surface area contributed by atoms with E-state index in [-0.39, 0.29) is 5.44 Å². The van der Waals surface area contributed by atoms with Crippen molar-refractivity contribution in [2.45, 2.75) is 12.4 Å². The van der Waals surface area contributed by atoms with Crippen LogP contribution in [0, 0.1) is 11.8 Å². The summed E-state index contributed by atoms with van der Waals surface area (Å²) >= 11 is 0. The van der Waals surface area contributed by atoms with E-state index in [0.717, 1.165) is 0 Å². The lowest BCUT2D eigenvalue weighted by atomic mass is 10.6. The van der Waals surface area contributed by atoms with Crippen LogP contribution in [0.25, 0.3) is 0 Å². The van der Waals surface area contributed by atoms with Gasteiger partial charge in [0.2, 0.25) is 0 Å². The monoisotopic (exact) mass is 172 g/mol. The highest BCUT2D eigenvalue weighted by atomic mass is 33.1. The maximum Gasteiger partial charge on any atom is 0.133 e. The second-order valence-corrected chi connectivity index (χ2v) is 3.90. The fourth-order valence-corrected chi connectivity index (χ4v) is 2.31. The largest absolute Gasteiger partial charge is 0.350 e. The van der Waals surface area contributed by atoms with Gasteiger partial charge in [-0.25, -0.2) is 0 Å². The van der Waals surface area contributed by atoms with Crippen LogP contribution in [0.2, 0.25) is 0 Å². The Kier molecular flexibility index (Phi) is 3.81. The standard InChI is InChI=1S/C7H8OS2/c1-2-3-5-8-7-4-6-9-10-7/h4,6-7H,5H2,1H3. The summed E-state index contributed by atoms with van der Waals surface area (Å²) in [6.07, 6.45) is 2.03. The first-order chi connectivity index (χ1) is 4.93. The Balaban J connectivity index is 2.11. The van der Waals surface area contributed by atoms with Crippen LogP contribution in [0.15, 0.2) is 11.5 Å². The molecule has 0 aromatic carbocycles. The van der Waals surface area contributed by atoms with Gasteiger partial charge in [0.25, 0.3) is 0 Å². The molecule has 0 amide bonds. The molecule has 1 aliphatic heterocycles. The van der Waals surface area contributed by atoms with Gasteiger partial charge in [-0.15, -0.1) is 5.92 Å². The molecule has 54 valence electrons. The summed E-state index contributed by atoms with van der Waals surface area (Å²) in [5.41, 5.74) is 0.214. The average molecular weight is 172 g/mol. The summed E-state index contributed by atoms with van der Waals surface area (Å²) in [5.74, 6) is 5.62. The maximum atomic E-state index is 5.33. The third kappa shape index (κ3) is 2.70. The Morgan fingerprint density at radius 1 is 1.70 bits per heavy atom. The maximum absolute atomic E-state index is 5.33. The van der Waals surface area contributed by atoms with Crippen LogP contribution in [0.5, 0.6) is 0 Å². The van der Waals surface area contributed by atoms with Crippen molar-refractivity contribution in [3.63, 3.8) is 0 Å². The minimum Gasteiger partial charge on any atom is -0.350 e. The van der Waals surface area contributed by atoms with Crippen LogP contribution in [-0.2, 0) is 4.74 Å². The van der Waals surface area contributed by atoms with Gasteiger partial charge < -0.3 is 4.74 Å². The summed E-state index contributed by atoms with van der Waals surface area (Å²) in [6, 6.07) is 0. The minimum absolute atomic E-state index is 0.214. The summed E-state index contributed by atoms with van der Waals surface area (Å²) in [4.78, 5) is 0. The summed E-state index contributed by atoms with van der Waals surface area (Å²) in [6.45, 7) is 2.36. The van der Waals surface area contributed by atoms with E-state index in [2.05, 4.69) is 11.8 Å². The highest BCUT2D eigenvalue weighted by Crippen LogP contribution is 2.35. The summed E-state index contributed by atoms with van der Waals surface area (Å²) < 4.78 is 5.33. The predicted molar refractivity (Wildman–Crippen MR) is 47.5 cm³/mol. The van der Waals surface area contributed by atoms with E-state index in [1.807, 2.05) is 18.4 Å². The zero-order chi connectivity index (χ0) is 7.23. The molecule has 1 nitrogen and oxygen atoms in total. The highest BCUT2D eigenvalue weighted by Gasteiger charge is 2.08. The molecule has 0 N–H and O–H groups in total. The molecule has 0 bridgehead atoms. The van der Waals surface area contributed by atoms with Crippen LogP contribution in [-0.4, -0.2) is 12.0 Å². The highest BCUT2D eigenvalue weighted by molar-refractivity contribution is 8.78. The number of rotatable bonds is 2. The SMILES string of the molecule is CC#CCOC1C=CSS1. The van der Waals surface area contributed by atoms with Gasteiger partial charge in [0.05, 0.1) is 0 Å². The van der Waals surface area contributed by atoms with E-state index < -0.39 is 0 Å². The van der Waals surface area contributed by atoms with Gasteiger partial charge in [0, 0.05) is 0 Å². The average Bonchev–Trinajstić information content (AvgIpc) is 2.41. The van der Waals surface area contributed by atoms with Crippen molar-refractivity contribution in [1.82, 2.24) is 0 Å². The quantitative estimate of drug-likeness (QED) is 0.467. The van der Waals surface area contributed by atoms with Gasteiger partial charge in [-0.05, 0) is 18.4 Å². The van der Waals surface area contributed by atoms with Crippen molar-refractivity contribution in [1.29, 1.82) is 0 Å². The van der Waals surface area contributed by atoms with E-state index >= 15 is 0 Å². The summed E-state index contributed by atoms with van der Waals surface area (Å²) in [7, 11) is 3.41. The molecule has 1 heterocycles. The van der Waals surface area contributed by atoms with Gasteiger partial charge in [0.1, 0.15) is 12.0 Å². The molecule has 3 heteroatoms. The minimum atomic E-state index is 0.214. The van der Waals surface area contributed by atoms with Crippen molar-refractivity contribution in [2.75, 3.05) is 6.61 Å². The fraction of sp³-hybridized carbons (Fsp3) is 0.429. The Bertz CT molecular complexity index is 178. The number of hydrogen-bond donors (Lipinski definition) is 0. The molecule has 10 heavy (non-hydrogen) atoms. The molecule has 0 aromatic rings. The lowest BCUT2D eigenvalue weighted by Gasteiger charge is -2.02. The molecule has 0 aromatic heterocycles. The molecule has 1 unspecified atom stereocenters. The second-order valence-electron chi connectivity index (χ2n) is 1.63. The summed E-state index contributed by atoms with van der Waals surface area (Å²) in [5, 5.41) is 2.04. The fourth-order valence-electron chi connectivity index (χ4n) is 0.494. The number of ether oxygens (including phenoxy) is 1. The predicted octanol–water partition coefficient (Wildman–Crippen LogP) is 2.26. The van der Waals surface area contributed by atoms with Gasteiger partial charge in [-0.3, -0.25) is 0 Å². The molecule has 0 saturated carbocycles. The first-order valence-corrected chi connectivity index (χ1v) is 5.21. The molecule has 0 radical (unpaired) electrons. The van der Waals surface area contributed by atoms with E-state index in [1.165, 1.54) is 0 Å². The zero-order valence-corrected chi connectivity index (χ0v) is 7.30. The van der Waals surface area contributed by atoms with Gasteiger partial charge in [0.15, 0.2) is 0 Å².